The van der Waals surface area contributed by atoms with Crippen molar-refractivity contribution in [1.82, 2.24) is 19.9 Å². The highest BCUT2D eigenvalue weighted by molar-refractivity contribution is 7.22. The van der Waals surface area contributed by atoms with E-state index in [0.29, 0.717) is 43.1 Å². The third-order valence-corrected chi connectivity index (χ3v) is 11.1. The van der Waals surface area contributed by atoms with Crippen molar-refractivity contribution in [2.45, 2.75) is 63.1 Å². The summed E-state index contributed by atoms with van der Waals surface area (Å²) >= 11 is 7.98. The maximum absolute atomic E-state index is 16.9. The number of hydrogen-bond donors (Lipinski definition) is 2. The van der Waals surface area contributed by atoms with E-state index >= 15 is 4.39 Å². The zero-order chi connectivity index (χ0) is 30.5. The molecule has 9 nitrogen and oxygen atoms in total. The minimum absolute atomic E-state index is 0.00127. The fourth-order valence-electron chi connectivity index (χ4n) is 7.97. The fourth-order valence-corrected chi connectivity index (χ4v) is 9.06. The van der Waals surface area contributed by atoms with Crippen LogP contribution in [0.15, 0.2) is 12.1 Å². The van der Waals surface area contributed by atoms with Gasteiger partial charge in [-0.1, -0.05) is 29.9 Å². The fraction of sp³-hybridized carbons (Fsp3) is 0.516. The number of halogens is 3. The lowest BCUT2D eigenvalue weighted by molar-refractivity contribution is 0.0160. The molecule has 4 aliphatic heterocycles. The first-order chi connectivity index (χ1) is 21.0. The van der Waals surface area contributed by atoms with Crippen LogP contribution in [0.1, 0.15) is 46.0 Å². The first kappa shape index (κ1) is 28.4. The van der Waals surface area contributed by atoms with Crippen LogP contribution < -0.4 is 20.1 Å². The highest BCUT2D eigenvalue weighted by Crippen LogP contribution is 2.51. The Morgan fingerprint density at radius 2 is 2.02 bits per heavy atom. The Morgan fingerprint density at radius 1 is 1.18 bits per heavy atom. The molecule has 0 radical (unpaired) electrons. The van der Waals surface area contributed by atoms with Crippen LogP contribution in [0.3, 0.4) is 0 Å². The Kier molecular flexibility index (Phi) is 6.44. The molecule has 3 saturated heterocycles. The zero-order valence-electron chi connectivity index (χ0n) is 24.5. The molecule has 0 amide bonds. The molecule has 4 atom stereocenters. The number of anilines is 2. The van der Waals surface area contributed by atoms with Crippen LogP contribution in [-0.4, -0.2) is 75.0 Å². The number of thiazole rings is 1. The van der Waals surface area contributed by atoms with Gasteiger partial charge in [-0.15, -0.1) is 0 Å². The Morgan fingerprint density at radius 3 is 2.86 bits per heavy atom. The Hall–Kier alpha value is -3.06. The van der Waals surface area contributed by atoms with Crippen molar-refractivity contribution in [3.63, 3.8) is 0 Å². The summed E-state index contributed by atoms with van der Waals surface area (Å²) in [7, 11) is 0. The first-order valence-electron chi connectivity index (χ1n) is 15.1. The van der Waals surface area contributed by atoms with Gasteiger partial charge in [-0.3, -0.25) is 4.90 Å². The lowest BCUT2D eigenvalue weighted by atomic mass is 9.88. The molecule has 8 rings (SSSR count). The summed E-state index contributed by atoms with van der Waals surface area (Å²) in [6.45, 7) is 7.23. The smallest absolute Gasteiger partial charge is 0.319 e. The van der Waals surface area contributed by atoms with Crippen LogP contribution in [0.5, 0.6) is 11.8 Å². The second kappa shape index (κ2) is 9.97. The molecule has 13 heteroatoms. The molecule has 3 fully saturated rings. The van der Waals surface area contributed by atoms with Crippen LogP contribution in [-0.2, 0) is 0 Å². The van der Waals surface area contributed by atoms with Gasteiger partial charge in [0, 0.05) is 24.2 Å². The van der Waals surface area contributed by atoms with Crippen molar-refractivity contribution in [2.24, 2.45) is 5.92 Å². The molecule has 2 aromatic carbocycles. The average Bonchev–Trinajstić information content (AvgIpc) is 3.61. The highest BCUT2D eigenvalue weighted by atomic mass is 35.5. The molecule has 6 heterocycles. The number of nitrogens with zero attached hydrogens (tertiary/aromatic N) is 5. The largest absolute Gasteiger partial charge is 0.489 e. The molecule has 3 N–H and O–H groups in total. The Labute approximate surface area is 261 Å². The molecule has 0 saturated carbocycles. The van der Waals surface area contributed by atoms with Crippen molar-refractivity contribution in [2.75, 3.05) is 43.5 Å². The van der Waals surface area contributed by atoms with E-state index in [4.69, 9.17) is 31.8 Å². The predicted octanol–water partition coefficient (Wildman–Crippen LogP) is 5.79. The molecule has 4 aliphatic rings. The first-order valence-corrected chi connectivity index (χ1v) is 16.3. The molecule has 0 aliphatic carbocycles. The SMILES string of the molecule is C[C@H]1CN2CCCC2(COc2nc3c4c(c(Cl)c(-c5ccc(F)c6sc(N)nc56)c(F)c4n2)OCC2CC(C)(O)CCN32)C1. The summed E-state index contributed by atoms with van der Waals surface area (Å²) in [6.07, 6.45) is 4.11. The number of piperidine rings is 1. The van der Waals surface area contributed by atoms with E-state index in [9.17, 15) is 9.50 Å². The third-order valence-electron chi connectivity index (χ3n) is 9.90. The van der Waals surface area contributed by atoms with E-state index < -0.39 is 17.2 Å². The van der Waals surface area contributed by atoms with E-state index in [1.54, 1.807) is 0 Å². The number of fused-ring (bicyclic) bond motifs is 4. The van der Waals surface area contributed by atoms with E-state index in [1.807, 2.05) is 6.92 Å². The van der Waals surface area contributed by atoms with Gasteiger partial charge in [0.05, 0.1) is 37.8 Å². The molecule has 44 heavy (non-hydrogen) atoms. The number of rotatable bonds is 4. The molecular formula is C31H33ClF2N6O3S. The molecular weight excluding hydrogens is 610 g/mol. The zero-order valence-corrected chi connectivity index (χ0v) is 26.1. The molecule has 3 unspecified atom stereocenters. The minimum atomic E-state index is -0.888. The van der Waals surface area contributed by atoms with Gasteiger partial charge in [0.1, 0.15) is 30.4 Å². The lowest BCUT2D eigenvalue weighted by Gasteiger charge is -2.42. The molecule has 0 spiro atoms. The van der Waals surface area contributed by atoms with Gasteiger partial charge in [-0.2, -0.15) is 9.97 Å². The van der Waals surface area contributed by atoms with E-state index in [1.165, 1.54) is 12.1 Å². The minimum Gasteiger partial charge on any atom is -0.489 e. The number of aromatic nitrogens is 3. The van der Waals surface area contributed by atoms with Crippen LogP contribution in [0.25, 0.3) is 32.2 Å². The monoisotopic (exact) mass is 642 g/mol. The van der Waals surface area contributed by atoms with Crippen molar-refractivity contribution >= 4 is 55.0 Å². The van der Waals surface area contributed by atoms with Gasteiger partial charge >= 0.3 is 6.01 Å². The van der Waals surface area contributed by atoms with Crippen molar-refractivity contribution in [1.29, 1.82) is 0 Å². The predicted molar refractivity (Wildman–Crippen MR) is 167 cm³/mol. The summed E-state index contributed by atoms with van der Waals surface area (Å²) in [5.41, 5.74) is 5.46. The summed E-state index contributed by atoms with van der Waals surface area (Å²) in [5, 5.41) is 11.4. The second-order valence-corrected chi connectivity index (χ2v) is 14.6. The van der Waals surface area contributed by atoms with Gasteiger partial charge in [0.15, 0.2) is 16.7 Å². The van der Waals surface area contributed by atoms with E-state index in [2.05, 4.69) is 26.7 Å². The topological polar surface area (TPSA) is 110 Å². The summed E-state index contributed by atoms with van der Waals surface area (Å²) in [6, 6.07) is 2.54. The number of nitrogen functional groups attached to an aromatic ring is 1. The summed E-state index contributed by atoms with van der Waals surface area (Å²) < 4.78 is 44.6. The van der Waals surface area contributed by atoms with E-state index in [-0.39, 0.29) is 67.0 Å². The van der Waals surface area contributed by atoms with Crippen molar-refractivity contribution < 1.29 is 23.4 Å². The van der Waals surface area contributed by atoms with Crippen molar-refractivity contribution in [3.05, 3.63) is 28.8 Å². The van der Waals surface area contributed by atoms with Gasteiger partial charge < -0.3 is 25.2 Å². The number of aliphatic hydroxyl groups is 1. The molecule has 0 bridgehead atoms. The lowest BCUT2D eigenvalue weighted by Crippen LogP contribution is -2.51. The average molecular weight is 643 g/mol. The van der Waals surface area contributed by atoms with Crippen LogP contribution in [0.4, 0.5) is 19.7 Å². The standard InChI is InChI=1S/C31H33ClF2N6O3S/c1-15-10-31(6-3-8-39(31)12-15)14-43-29-37-24-20-25(42-13-16-11-30(2,41)7-9-40(16)27(20)38-29)21(32)19(22(24)34)17-4-5-18(33)26-23(17)36-28(35)44-26/h4-5,15-16,41H,3,6-14H2,1-2H3,(H2,35,36)/t15-,16?,30?,31?/m1/s1. The molecule has 232 valence electrons. The molecule has 2 aromatic heterocycles. The quantitative estimate of drug-likeness (QED) is 0.286. The number of hydrogen-bond acceptors (Lipinski definition) is 10. The number of benzene rings is 2. The van der Waals surface area contributed by atoms with Crippen LogP contribution in [0, 0.1) is 17.6 Å². The van der Waals surface area contributed by atoms with E-state index in [0.717, 1.165) is 43.7 Å². The Bertz CT molecular complexity index is 1840. The number of nitrogens with two attached hydrogens (primary N) is 1. The van der Waals surface area contributed by atoms with Crippen LogP contribution in [0.2, 0.25) is 5.02 Å². The highest BCUT2D eigenvalue weighted by Gasteiger charge is 2.48. The van der Waals surface area contributed by atoms with Crippen LogP contribution >= 0.6 is 22.9 Å². The third kappa shape index (κ3) is 4.32. The second-order valence-electron chi connectivity index (χ2n) is 13.2. The Balaban J connectivity index is 1.32. The van der Waals surface area contributed by atoms with Crippen molar-refractivity contribution in [3.8, 4) is 22.9 Å². The normalized spacial score (nSPS) is 28.3. The maximum Gasteiger partial charge on any atom is 0.319 e. The van der Waals surface area contributed by atoms with Gasteiger partial charge in [-0.05, 0) is 63.6 Å². The maximum atomic E-state index is 16.9. The summed E-state index contributed by atoms with van der Waals surface area (Å²) in [5.74, 6) is 0.0584. The van der Waals surface area contributed by atoms with Gasteiger partial charge in [-0.25, -0.2) is 13.8 Å². The number of ether oxygens (including phenoxy) is 2. The van der Waals surface area contributed by atoms with Gasteiger partial charge in [0.25, 0.3) is 0 Å². The molecule has 4 aromatic rings. The van der Waals surface area contributed by atoms with Gasteiger partial charge in [0.2, 0.25) is 0 Å². The summed E-state index contributed by atoms with van der Waals surface area (Å²) in [4.78, 5) is 18.4.